The number of rotatable bonds is 4. The lowest BCUT2D eigenvalue weighted by molar-refractivity contribution is -0.161. The number of ether oxygens (including phenoxy) is 1. The van der Waals surface area contributed by atoms with E-state index < -0.39 is 5.60 Å². The zero-order valence-corrected chi connectivity index (χ0v) is 15.6. The van der Waals surface area contributed by atoms with Gasteiger partial charge >= 0.3 is 5.97 Å². The predicted octanol–water partition coefficient (Wildman–Crippen LogP) is 4.27. The van der Waals surface area contributed by atoms with Crippen molar-refractivity contribution in [3.63, 3.8) is 0 Å². The lowest BCUT2D eigenvalue weighted by atomic mass is 9.96. The SMILES string of the molecule is CC(C)(C)OC(=O)[C@H]1[C@H](CO)CC[C@@H]1Sc1ccc(Br)cc1. The molecular weight excluding hydrogens is 364 g/mol. The third-order valence-corrected chi connectivity index (χ3v) is 5.65. The fourth-order valence-corrected chi connectivity index (χ4v) is 4.42. The lowest BCUT2D eigenvalue weighted by Gasteiger charge is -2.27. The molecule has 22 heavy (non-hydrogen) atoms. The van der Waals surface area contributed by atoms with E-state index in [1.54, 1.807) is 11.8 Å². The third kappa shape index (κ3) is 4.74. The van der Waals surface area contributed by atoms with Crippen LogP contribution in [0.2, 0.25) is 0 Å². The molecule has 0 spiro atoms. The van der Waals surface area contributed by atoms with Gasteiger partial charge in [-0.15, -0.1) is 11.8 Å². The number of carbonyl (C=O) groups excluding carboxylic acids is 1. The van der Waals surface area contributed by atoms with Crippen LogP contribution in [0.1, 0.15) is 33.6 Å². The van der Waals surface area contributed by atoms with Crippen LogP contribution < -0.4 is 0 Å². The minimum Gasteiger partial charge on any atom is -0.460 e. The van der Waals surface area contributed by atoms with Gasteiger partial charge in [-0.2, -0.15) is 0 Å². The molecule has 0 saturated heterocycles. The Balaban J connectivity index is 2.11. The summed E-state index contributed by atoms with van der Waals surface area (Å²) >= 11 is 5.14. The van der Waals surface area contributed by atoms with Crippen LogP contribution in [0, 0.1) is 11.8 Å². The van der Waals surface area contributed by atoms with E-state index in [0.717, 1.165) is 22.2 Å². The molecule has 1 fully saturated rings. The summed E-state index contributed by atoms with van der Waals surface area (Å²) in [6.45, 7) is 5.68. The van der Waals surface area contributed by atoms with Gasteiger partial charge in [-0.25, -0.2) is 0 Å². The minimum atomic E-state index is -0.494. The standard InChI is InChI=1S/C17H23BrO3S/c1-17(2,3)21-16(20)15-11(10-19)4-9-14(15)22-13-7-5-12(18)6-8-13/h5-8,11,14-15,19H,4,9-10H2,1-3H3/t11-,14-,15-/m0/s1. The Kier molecular flexibility index (Phi) is 5.97. The number of hydrogen-bond acceptors (Lipinski definition) is 4. The average molecular weight is 387 g/mol. The zero-order valence-electron chi connectivity index (χ0n) is 13.2. The van der Waals surface area contributed by atoms with Crippen molar-refractivity contribution in [1.82, 2.24) is 0 Å². The smallest absolute Gasteiger partial charge is 0.310 e. The first-order valence-corrected chi connectivity index (χ1v) is 9.23. The maximum absolute atomic E-state index is 12.5. The molecule has 1 aliphatic carbocycles. The molecule has 0 bridgehead atoms. The topological polar surface area (TPSA) is 46.5 Å². The van der Waals surface area contributed by atoms with Crippen LogP contribution in [0.3, 0.4) is 0 Å². The van der Waals surface area contributed by atoms with Crippen LogP contribution in [-0.4, -0.2) is 28.5 Å². The second-order valence-electron chi connectivity index (χ2n) is 6.69. The lowest BCUT2D eigenvalue weighted by Crippen LogP contribution is -2.35. The normalized spacial score (nSPS) is 25.2. The first-order chi connectivity index (χ1) is 10.3. The van der Waals surface area contributed by atoms with Crippen molar-refractivity contribution in [2.24, 2.45) is 11.8 Å². The van der Waals surface area contributed by atoms with E-state index in [2.05, 4.69) is 15.9 Å². The summed E-state index contributed by atoms with van der Waals surface area (Å²) in [5, 5.41) is 9.74. The van der Waals surface area contributed by atoms with Crippen molar-refractivity contribution in [1.29, 1.82) is 0 Å². The molecule has 5 heteroatoms. The Morgan fingerprint density at radius 3 is 2.50 bits per heavy atom. The van der Waals surface area contributed by atoms with E-state index in [-0.39, 0.29) is 29.7 Å². The largest absolute Gasteiger partial charge is 0.460 e. The molecule has 0 heterocycles. The van der Waals surface area contributed by atoms with Crippen LogP contribution >= 0.6 is 27.7 Å². The Bertz CT molecular complexity index is 510. The van der Waals surface area contributed by atoms with Crippen LogP contribution in [0.4, 0.5) is 0 Å². The van der Waals surface area contributed by atoms with Crippen LogP contribution in [0.15, 0.2) is 33.6 Å². The van der Waals surface area contributed by atoms with Crippen molar-refractivity contribution in [3.8, 4) is 0 Å². The van der Waals surface area contributed by atoms with E-state index in [1.165, 1.54) is 0 Å². The maximum Gasteiger partial charge on any atom is 0.310 e. The Morgan fingerprint density at radius 2 is 1.95 bits per heavy atom. The molecule has 1 N–H and O–H groups in total. The molecule has 0 radical (unpaired) electrons. The summed E-state index contributed by atoms with van der Waals surface area (Å²) in [5.74, 6) is -0.417. The van der Waals surface area contributed by atoms with Crippen LogP contribution in [0.25, 0.3) is 0 Å². The fraction of sp³-hybridized carbons (Fsp3) is 0.588. The van der Waals surface area contributed by atoms with Gasteiger partial charge in [0.2, 0.25) is 0 Å². The summed E-state index contributed by atoms with van der Waals surface area (Å²) in [4.78, 5) is 13.7. The Labute approximate surface area is 144 Å². The van der Waals surface area contributed by atoms with Gasteiger partial charge < -0.3 is 9.84 Å². The van der Waals surface area contributed by atoms with E-state index >= 15 is 0 Å². The highest BCUT2D eigenvalue weighted by Crippen LogP contribution is 2.43. The molecule has 1 aromatic rings. The average Bonchev–Trinajstić information content (AvgIpc) is 2.82. The van der Waals surface area contributed by atoms with E-state index in [9.17, 15) is 9.90 Å². The first kappa shape index (κ1) is 17.8. The summed E-state index contributed by atoms with van der Waals surface area (Å²) in [7, 11) is 0. The van der Waals surface area contributed by atoms with Crippen molar-refractivity contribution >= 4 is 33.7 Å². The van der Waals surface area contributed by atoms with Crippen LogP contribution in [0.5, 0.6) is 0 Å². The zero-order chi connectivity index (χ0) is 16.3. The van der Waals surface area contributed by atoms with Gasteiger partial charge in [0.25, 0.3) is 0 Å². The third-order valence-electron chi connectivity index (χ3n) is 3.74. The second kappa shape index (κ2) is 7.37. The molecule has 122 valence electrons. The van der Waals surface area contributed by atoms with Crippen LogP contribution in [-0.2, 0) is 9.53 Å². The van der Waals surface area contributed by atoms with E-state index in [0.29, 0.717) is 0 Å². The van der Waals surface area contributed by atoms with Gasteiger partial charge in [0, 0.05) is 21.2 Å². The summed E-state index contributed by atoms with van der Waals surface area (Å²) in [6.07, 6.45) is 1.80. The van der Waals surface area contributed by atoms with E-state index in [4.69, 9.17) is 4.74 Å². The number of aliphatic hydroxyl groups excluding tert-OH is 1. The van der Waals surface area contributed by atoms with Gasteiger partial charge in [0.05, 0.1) is 5.92 Å². The van der Waals surface area contributed by atoms with Gasteiger partial charge in [-0.1, -0.05) is 15.9 Å². The number of thioether (sulfide) groups is 1. The number of benzene rings is 1. The minimum absolute atomic E-state index is 0.00259. The van der Waals surface area contributed by atoms with E-state index in [1.807, 2.05) is 45.0 Å². The molecule has 1 saturated carbocycles. The summed E-state index contributed by atoms with van der Waals surface area (Å²) in [6, 6.07) is 8.10. The fourth-order valence-electron chi connectivity index (χ4n) is 2.78. The molecular formula is C17H23BrO3S. The number of aliphatic hydroxyl groups is 1. The highest BCUT2D eigenvalue weighted by Gasteiger charge is 2.43. The predicted molar refractivity (Wildman–Crippen MR) is 92.9 cm³/mol. The number of carbonyl (C=O) groups is 1. The number of hydrogen-bond donors (Lipinski definition) is 1. The molecule has 3 nitrogen and oxygen atoms in total. The molecule has 0 aromatic heterocycles. The molecule has 0 aliphatic heterocycles. The van der Waals surface area contributed by atoms with Gasteiger partial charge in [0.1, 0.15) is 5.60 Å². The number of halogens is 1. The van der Waals surface area contributed by atoms with Gasteiger partial charge in [-0.05, 0) is 63.8 Å². The Hall–Kier alpha value is -0.520. The first-order valence-electron chi connectivity index (χ1n) is 7.56. The molecule has 3 atom stereocenters. The van der Waals surface area contributed by atoms with Gasteiger partial charge in [-0.3, -0.25) is 4.79 Å². The van der Waals surface area contributed by atoms with Crippen molar-refractivity contribution in [3.05, 3.63) is 28.7 Å². The highest BCUT2D eigenvalue weighted by molar-refractivity contribution is 9.10. The Morgan fingerprint density at radius 1 is 1.32 bits per heavy atom. The molecule has 1 aromatic carbocycles. The summed E-state index contributed by atoms with van der Waals surface area (Å²) < 4.78 is 6.61. The number of esters is 1. The van der Waals surface area contributed by atoms with Gasteiger partial charge in [0.15, 0.2) is 0 Å². The summed E-state index contributed by atoms with van der Waals surface area (Å²) in [5.41, 5.74) is -0.494. The second-order valence-corrected chi connectivity index (χ2v) is 8.92. The molecule has 0 amide bonds. The maximum atomic E-state index is 12.5. The van der Waals surface area contributed by atoms with Crippen molar-refractivity contribution in [2.75, 3.05) is 6.61 Å². The van der Waals surface area contributed by atoms with Crippen molar-refractivity contribution in [2.45, 2.75) is 49.4 Å². The highest BCUT2D eigenvalue weighted by atomic mass is 79.9. The van der Waals surface area contributed by atoms with Crippen molar-refractivity contribution < 1.29 is 14.6 Å². The quantitative estimate of drug-likeness (QED) is 0.784. The monoisotopic (exact) mass is 386 g/mol. The molecule has 0 unspecified atom stereocenters. The molecule has 1 aliphatic rings. The molecule has 2 rings (SSSR count).